The lowest BCUT2D eigenvalue weighted by atomic mass is 10.1. The van der Waals surface area contributed by atoms with E-state index in [1.165, 1.54) is 4.90 Å². The van der Waals surface area contributed by atoms with Gasteiger partial charge in [-0.2, -0.15) is 0 Å². The van der Waals surface area contributed by atoms with E-state index in [1.54, 1.807) is 19.1 Å². The van der Waals surface area contributed by atoms with E-state index in [4.69, 9.17) is 16.3 Å². The molecule has 0 aliphatic carbocycles. The van der Waals surface area contributed by atoms with E-state index < -0.39 is 6.04 Å². The Morgan fingerprint density at radius 1 is 1.07 bits per heavy atom. The van der Waals surface area contributed by atoms with Crippen LogP contribution in [0.3, 0.4) is 0 Å². The second kappa shape index (κ2) is 11.0. The number of ether oxygens (including phenoxy) is 1. The fourth-order valence-corrected chi connectivity index (χ4v) is 3.32. The molecule has 2 aromatic carbocycles. The number of carbonyl (C=O) groups excluding carboxylic acids is 2. The van der Waals surface area contributed by atoms with Crippen molar-refractivity contribution in [2.24, 2.45) is 5.92 Å². The highest BCUT2D eigenvalue weighted by Crippen LogP contribution is 2.18. The predicted molar refractivity (Wildman–Crippen MR) is 121 cm³/mol. The summed E-state index contributed by atoms with van der Waals surface area (Å²) in [6.07, 6.45) is 0. The van der Waals surface area contributed by atoms with Crippen molar-refractivity contribution in [3.05, 3.63) is 64.2 Å². The number of amides is 2. The van der Waals surface area contributed by atoms with Gasteiger partial charge in [-0.3, -0.25) is 9.59 Å². The third-order valence-electron chi connectivity index (χ3n) is 4.65. The topological polar surface area (TPSA) is 58.6 Å². The van der Waals surface area contributed by atoms with Gasteiger partial charge in [-0.25, -0.2) is 0 Å². The Morgan fingerprint density at radius 2 is 1.73 bits per heavy atom. The van der Waals surface area contributed by atoms with Crippen molar-refractivity contribution in [2.45, 2.75) is 47.2 Å². The van der Waals surface area contributed by atoms with Crippen LogP contribution in [-0.4, -0.2) is 35.9 Å². The van der Waals surface area contributed by atoms with Crippen LogP contribution in [0.25, 0.3) is 0 Å². The normalized spacial score (nSPS) is 11.8. The zero-order valence-electron chi connectivity index (χ0n) is 18.4. The average Bonchev–Trinajstić information content (AvgIpc) is 2.67. The first-order valence-corrected chi connectivity index (χ1v) is 10.6. The number of aryl methyl sites for hydroxylation is 2. The molecule has 0 heterocycles. The summed E-state index contributed by atoms with van der Waals surface area (Å²) in [5.74, 6) is 0.512. The van der Waals surface area contributed by atoms with Crippen molar-refractivity contribution in [1.29, 1.82) is 0 Å². The molecule has 0 bridgehead atoms. The lowest BCUT2D eigenvalue weighted by molar-refractivity contribution is -0.142. The van der Waals surface area contributed by atoms with Gasteiger partial charge in [0.1, 0.15) is 11.8 Å². The van der Waals surface area contributed by atoms with Gasteiger partial charge in [-0.05, 0) is 67.6 Å². The molecule has 1 atom stereocenters. The Bertz CT molecular complexity index is 862. The number of hydrogen-bond donors (Lipinski definition) is 1. The van der Waals surface area contributed by atoms with Crippen molar-refractivity contribution < 1.29 is 14.3 Å². The smallest absolute Gasteiger partial charge is 0.261 e. The molecule has 2 amide bonds. The van der Waals surface area contributed by atoms with E-state index in [0.29, 0.717) is 23.2 Å². The molecule has 0 saturated carbocycles. The van der Waals surface area contributed by atoms with Crippen molar-refractivity contribution in [2.75, 3.05) is 13.2 Å². The van der Waals surface area contributed by atoms with Crippen LogP contribution in [0.2, 0.25) is 5.02 Å². The Balaban J connectivity index is 2.15. The quantitative estimate of drug-likeness (QED) is 0.636. The summed E-state index contributed by atoms with van der Waals surface area (Å²) in [5, 5.41) is 3.49. The van der Waals surface area contributed by atoms with Crippen molar-refractivity contribution >= 4 is 23.4 Å². The van der Waals surface area contributed by atoms with Crippen LogP contribution in [0.1, 0.15) is 37.5 Å². The third kappa shape index (κ3) is 7.38. The van der Waals surface area contributed by atoms with Crippen LogP contribution >= 0.6 is 11.6 Å². The van der Waals surface area contributed by atoms with Crippen LogP contribution in [0.15, 0.2) is 42.5 Å². The molecule has 0 radical (unpaired) electrons. The van der Waals surface area contributed by atoms with E-state index in [9.17, 15) is 9.59 Å². The molecule has 5 nitrogen and oxygen atoms in total. The fraction of sp³-hybridized carbons (Fsp3) is 0.417. The van der Waals surface area contributed by atoms with Gasteiger partial charge in [0.25, 0.3) is 5.91 Å². The summed E-state index contributed by atoms with van der Waals surface area (Å²) in [6, 6.07) is 12.5. The van der Waals surface area contributed by atoms with Gasteiger partial charge in [0.15, 0.2) is 6.61 Å². The molecule has 2 rings (SSSR count). The number of nitrogens with one attached hydrogen (secondary N) is 1. The van der Waals surface area contributed by atoms with E-state index in [1.807, 2.05) is 58.0 Å². The Morgan fingerprint density at radius 3 is 2.33 bits per heavy atom. The summed E-state index contributed by atoms with van der Waals surface area (Å²) < 4.78 is 5.75. The Kier molecular flexibility index (Phi) is 8.72. The highest BCUT2D eigenvalue weighted by Gasteiger charge is 2.26. The van der Waals surface area contributed by atoms with Crippen molar-refractivity contribution in [1.82, 2.24) is 10.2 Å². The molecular formula is C24H31ClN2O3. The van der Waals surface area contributed by atoms with Crippen molar-refractivity contribution in [3.8, 4) is 5.75 Å². The van der Waals surface area contributed by atoms with Crippen LogP contribution in [0.4, 0.5) is 0 Å². The van der Waals surface area contributed by atoms with Gasteiger partial charge >= 0.3 is 0 Å². The molecule has 0 aromatic heterocycles. The zero-order valence-corrected chi connectivity index (χ0v) is 19.1. The maximum Gasteiger partial charge on any atom is 0.261 e. The maximum absolute atomic E-state index is 13.0. The first-order valence-electron chi connectivity index (χ1n) is 10.2. The maximum atomic E-state index is 13.0. The molecular weight excluding hydrogens is 400 g/mol. The Hall–Kier alpha value is -2.53. The van der Waals surface area contributed by atoms with Crippen LogP contribution in [-0.2, 0) is 16.1 Å². The molecule has 0 aliphatic heterocycles. The molecule has 0 fully saturated rings. The minimum Gasteiger partial charge on any atom is -0.484 e. The molecule has 2 aromatic rings. The predicted octanol–water partition coefficient (Wildman–Crippen LogP) is 4.53. The largest absolute Gasteiger partial charge is 0.484 e. The molecule has 1 unspecified atom stereocenters. The number of benzene rings is 2. The summed E-state index contributed by atoms with van der Waals surface area (Å²) in [7, 11) is 0. The average molecular weight is 431 g/mol. The number of nitrogens with zero attached hydrogens (tertiary/aromatic N) is 1. The standard InChI is InChI=1S/C24H31ClN2O3/c1-16(2)13-26-24(29)19(5)27(14-20-7-6-8-21(25)12-20)23(28)15-30-22-10-17(3)9-18(4)11-22/h6-12,16,19H,13-15H2,1-5H3,(H,26,29). The van der Waals surface area contributed by atoms with Gasteiger partial charge in [0.2, 0.25) is 5.91 Å². The summed E-state index contributed by atoms with van der Waals surface area (Å²) in [4.78, 5) is 27.2. The fourth-order valence-electron chi connectivity index (χ4n) is 3.11. The van der Waals surface area contributed by atoms with E-state index >= 15 is 0 Å². The minimum atomic E-state index is -0.641. The van der Waals surface area contributed by atoms with Gasteiger partial charge in [-0.1, -0.05) is 43.6 Å². The molecule has 0 spiro atoms. The van der Waals surface area contributed by atoms with E-state index in [0.717, 1.165) is 16.7 Å². The van der Waals surface area contributed by atoms with Crippen LogP contribution in [0, 0.1) is 19.8 Å². The SMILES string of the molecule is Cc1cc(C)cc(OCC(=O)N(Cc2cccc(Cl)c2)C(C)C(=O)NCC(C)C)c1. The molecule has 162 valence electrons. The lowest BCUT2D eigenvalue weighted by Gasteiger charge is -2.29. The van der Waals surface area contributed by atoms with Crippen molar-refractivity contribution in [3.63, 3.8) is 0 Å². The molecule has 0 saturated heterocycles. The highest BCUT2D eigenvalue weighted by atomic mass is 35.5. The zero-order chi connectivity index (χ0) is 22.3. The monoisotopic (exact) mass is 430 g/mol. The number of rotatable bonds is 9. The molecule has 30 heavy (non-hydrogen) atoms. The summed E-state index contributed by atoms with van der Waals surface area (Å²) >= 11 is 6.10. The van der Waals surface area contributed by atoms with Gasteiger partial charge < -0.3 is 15.0 Å². The van der Waals surface area contributed by atoms with Crippen LogP contribution in [0.5, 0.6) is 5.75 Å². The lowest BCUT2D eigenvalue weighted by Crippen LogP contribution is -2.49. The molecule has 0 aliphatic rings. The van der Waals surface area contributed by atoms with Gasteiger partial charge in [-0.15, -0.1) is 0 Å². The number of halogens is 1. The minimum absolute atomic E-state index is 0.148. The summed E-state index contributed by atoms with van der Waals surface area (Å²) in [5.41, 5.74) is 2.98. The highest BCUT2D eigenvalue weighted by molar-refractivity contribution is 6.30. The third-order valence-corrected chi connectivity index (χ3v) is 4.89. The first kappa shape index (κ1) is 23.7. The first-order chi connectivity index (χ1) is 14.2. The Labute approximate surface area is 184 Å². The second-order valence-corrected chi connectivity index (χ2v) is 8.52. The molecule has 1 N–H and O–H groups in total. The number of hydrogen-bond acceptors (Lipinski definition) is 3. The number of carbonyl (C=O) groups is 2. The summed E-state index contributed by atoms with van der Waals surface area (Å²) in [6.45, 7) is 10.4. The van der Waals surface area contributed by atoms with E-state index in [-0.39, 0.29) is 25.0 Å². The van der Waals surface area contributed by atoms with E-state index in [2.05, 4.69) is 5.32 Å². The molecule has 6 heteroatoms. The van der Waals surface area contributed by atoms with Gasteiger partial charge in [0, 0.05) is 18.1 Å². The van der Waals surface area contributed by atoms with Gasteiger partial charge in [0.05, 0.1) is 0 Å². The second-order valence-electron chi connectivity index (χ2n) is 8.08. The van der Waals surface area contributed by atoms with Crippen LogP contribution < -0.4 is 10.1 Å².